The first-order chi connectivity index (χ1) is 9.06. The molecule has 0 saturated carbocycles. The van der Waals surface area contributed by atoms with Crippen LogP contribution in [0.3, 0.4) is 0 Å². The van der Waals surface area contributed by atoms with Gasteiger partial charge in [-0.3, -0.25) is 9.67 Å². The third kappa shape index (κ3) is 3.31. The minimum absolute atomic E-state index is 0.304. The molecule has 100 valence electrons. The molecular formula is C13H16N4O2. The quantitative estimate of drug-likeness (QED) is 0.832. The van der Waals surface area contributed by atoms with Crippen LogP contribution in [0.15, 0.2) is 24.7 Å². The van der Waals surface area contributed by atoms with Gasteiger partial charge in [-0.25, -0.2) is 4.79 Å². The van der Waals surface area contributed by atoms with Gasteiger partial charge in [0.1, 0.15) is 0 Å². The van der Waals surface area contributed by atoms with Gasteiger partial charge in [0, 0.05) is 19.7 Å². The van der Waals surface area contributed by atoms with Crippen molar-refractivity contribution in [2.75, 3.05) is 12.3 Å². The molecule has 0 spiro atoms. The number of carbonyl (C=O) groups excluding carboxylic acids is 1. The maximum atomic E-state index is 11.9. The Hall–Kier alpha value is -2.37. The number of rotatable bonds is 4. The third-order valence-electron chi connectivity index (χ3n) is 2.71. The fourth-order valence-corrected chi connectivity index (χ4v) is 1.70. The lowest BCUT2D eigenvalue weighted by Crippen LogP contribution is -2.11. The molecule has 2 rings (SSSR count). The molecule has 2 aromatic rings. The third-order valence-corrected chi connectivity index (χ3v) is 2.71. The van der Waals surface area contributed by atoms with E-state index in [1.54, 1.807) is 23.9 Å². The van der Waals surface area contributed by atoms with Gasteiger partial charge in [-0.05, 0) is 18.6 Å². The summed E-state index contributed by atoms with van der Waals surface area (Å²) >= 11 is 0. The molecule has 6 heteroatoms. The van der Waals surface area contributed by atoms with Crippen LogP contribution in [-0.4, -0.2) is 27.3 Å². The van der Waals surface area contributed by atoms with E-state index in [2.05, 4.69) is 10.1 Å². The Morgan fingerprint density at radius 2 is 2.26 bits per heavy atom. The zero-order valence-electron chi connectivity index (χ0n) is 11.0. The highest BCUT2D eigenvalue weighted by atomic mass is 16.5. The first-order valence-electron chi connectivity index (χ1n) is 5.93. The Kier molecular flexibility index (Phi) is 3.79. The van der Waals surface area contributed by atoms with E-state index in [1.165, 1.54) is 6.20 Å². The molecule has 0 aromatic carbocycles. The number of esters is 1. The van der Waals surface area contributed by atoms with Crippen molar-refractivity contribution in [2.24, 2.45) is 7.05 Å². The highest BCUT2D eigenvalue weighted by Gasteiger charge is 2.12. The van der Waals surface area contributed by atoms with E-state index in [0.29, 0.717) is 30.0 Å². The van der Waals surface area contributed by atoms with Crippen molar-refractivity contribution in [1.82, 2.24) is 14.8 Å². The fourth-order valence-electron chi connectivity index (χ4n) is 1.70. The van der Waals surface area contributed by atoms with Crippen molar-refractivity contribution in [3.63, 3.8) is 0 Å². The molecule has 2 N–H and O–H groups in total. The Morgan fingerprint density at radius 1 is 1.47 bits per heavy atom. The van der Waals surface area contributed by atoms with E-state index < -0.39 is 5.97 Å². The van der Waals surface area contributed by atoms with Crippen molar-refractivity contribution >= 4 is 11.7 Å². The number of aryl methyl sites for hydroxylation is 2. The number of hydrogen-bond donors (Lipinski definition) is 1. The van der Waals surface area contributed by atoms with E-state index in [9.17, 15) is 4.79 Å². The second kappa shape index (κ2) is 5.51. The monoisotopic (exact) mass is 260 g/mol. The van der Waals surface area contributed by atoms with Crippen LogP contribution in [0, 0.1) is 6.92 Å². The summed E-state index contributed by atoms with van der Waals surface area (Å²) in [5.41, 5.74) is 8.10. The topological polar surface area (TPSA) is 83.0 Å². The zero-order chi connectivity index (χ0) is 13.8. The highest BCUT2D eigenvalue weighted by Crippen LogP contribution is 2.11. The van der Waals surface area contributed by atoms with Crippen LogP contribution in [0.25, 0.3) is 0 Å². The molecular weight excluding hydrogens is 244 g/mol. The number of pyridine rings is 1. The molecule has 0 bridgehead atoms. The second-order valence-electron chi connectivity index (χ2n) is 4.31. The van der Waals surface area contributed by atoms with Gasteiger partial charge in [-0.15, -0.1) is 0 Å². The first kappa shape index (κ1) is 13.1. The number of carbonyl (C=O) groups is 1. The van der Waals surface area contributed by atoms with Gasteiger partial charge in [0.15, 0.2) is 0 Å². The van der Waals surface area contributed by atoms with Crippen LogP contribution in [0.5, 0.6) is 0 Å². The maximum absolute atomic E-state index is 11.9. The minimum atomic E-state index is -0.402. The standard InChI is InChI=1S/C13H16N4O2/c1-9-12(5-11(14)7-15-9)13(18)19-4-3-10-6-16-17(2)8-10/h5-8H,3-4,14H2,1-2H3. The lowest BCUT2D eigenvalue weighted by Gasteiger charge is -2.06. The lowest BCUT2D eigenvalue weighted by atomic mass is 10.2. The molecule has 0 aliphatic rings. The summed E-state index contributed by atoms with van der Waals surface area (Å²) in [5.74, 6) is -0.402. The number of nitrogen functional groups attached to an aromatic ring is 1. The Bertz CT molecular complexity index is 592. The SMILES string of the molecule is Cc1ncc(N)cc1C(=O)OCCc1cnn(C)c1. The number of nitrogens with zero attached hydrogens (tertiary/aromatic N) is 3. The summed E-state index contributed by atoms with van der Waals surface area (Å²) in [6.45, 7) is 2.05. The van der Waals surface area contributed by atoms with Crippen LogP contribution in [-0.2, 0) is 18.2 Å². The summed E-state index contributed by atoms with van der Waals surface area (Å²) in [4.78, 5) is 15.9. The van der Waals surface area contributed by atoms with Gasteiger partial charge >= 0.3 is 5.97 Å². The first-order valence-corrected chi connectivity index (χ1v) is 5.93. The van der Waals surface area contributed by atoms with Crippen molar-refractivity contribution < 1.29 is 9.53 Å². The predicted molar refractivity (Wildman–Crippen MR) is 70.6 cm³/mol. The molecule has 2 heterocycles. The van der Waals surface area contributed by atoms with Crippen LogP contribution in [0.4, 0.5) is 5.69 Å². The van der Waals surface area contributed by atoms with Crippen molar-refractivity contribution in [3.05, 3.63) is 41.5 Å². The van der Waals surface area contributed by atoms with E-state index in [-0.39, 0.29) is 0 Å². The highest BCUT2D eigenvalue weighted by molar-refractivity contribution is 5.91. The van der Waals surface area contributed by atoms with Crippen LogP contribution < -0.4 is 5.73 Å². The molecule has 0 saturated heterocycles. The normalized spacial score (nSPS) is 10.4. The molecule has 0 amide bonds. The van der Waals surface area contributed by atoms with Crippen molar-refractivity contribution in [2.45, 2.75) is 13.3 Å². The molecule has 0 aliphatic heterocycles. The molecule has 0 fully saturated rings. The summed E-state index contributed by atoms with van der Waals surface area (Å²) in [7, 11) is 1.84. The van der Waals surface area contributed by atoms with Gasteiger partial charge < -0.3 is 10.5 Å². The summed E-state index contributed by atoms with van der Waals surface area (Å²) in [6.07, 6.45) is 5.79. The summed E-state index contributed by atoms with van der Waals surface area (Å²) in [5, 5.41) is 4.05. The summed E-state index contributed by atoms with van der Waals surface area (Å²) in [6, 6.07) is 1.58. The number of anilines is 1. The van der Waals surface area contributed by atoms with Gasteiger partial charge in [0.2, 0.25) is 0 Å². The predicted octanol–water partition coefficient (Wildman–Crippen LogP) is 1.11. The van der Waals surface area contributed by atoms with Crippen LogP contribution in [0.2, 0.25) is 0 Å². The molecule has 0 atom stereocenters. The molecule has 19 heavy (non-hydrogen) atoms. The zero-order valence-corrected chi connectivity index (χ0v) is 11.0. The number of hydrogen-bond acceptors (Lipinski definition) is 5. The molecule has 0 radical (unpaired) electrons. The maximum Gasteiger partial charge on any atom is 0.340 e. The number of ether oxygens (including phenoxy) is 1. The van der Waals surface area contributed by atoms with Crippen molar-refractivity contribution in [3.8, 4) is 0 Å². The van der Waals surface area contributed by atoms with Gasteiger partial charge in [-0.1, -0.05) is 0 Å². The number of aromatic nitrogens is 3. The van der Waals surface area contributed by atoms with E-state index in [1.807, 2.05) is 13.2 Å². The smallest absolute Gasteiger partial charge is 0.340 e. The van der Waals surface area contributed by atoms with Gasteiger partial charge in [-0.2, -0.15) is 5.10 Å². The summed E-state index contributed by atoms with van der Waals surface area (Å²) < 4.78 is 6.92. The van der Waals surface area contributed by atoms with Crippen LogP contribution in [0.1, 0.15) is 21.6 Å². The van der Waals surface area contributed by atoms with Gasteiger partial charge in [0.05, 0.1) is 35.9 Å². The molecule has 0 unspecified atom stereocenters. The fraction of sp³-hybridized carbons (Fsp3) is 0.308. The molecule has 2 aromatic heterocycles. The average Bonchev–Trinajstić information content (AvgIpc) is 2.78. The van der Waals surface area contributed by atoms with Crippen molar-refractivity contribution in [1.29, 1.82) is 0 Å². The molecule has 6 nitrogen and oxygen atoms in total. The Morgan fingerprint density at radius 3 is 2.95 bits per heavy atom. The lowest BCUT2D eigenvalue weighted by molar-refractivity contribution is 0.0508. The van der Waals surface area contributed by atoms with E-state index in [4.69, 9.17) is 10.5 Å². The van der Waals surface area contributed by atoms with Gasteiger partial charge in [0.25, 0.3) is 0 Å². The van der Waals surface area contributed by atoms with E-state index in [0.717, 1.165) is 5.56 Å². The minimum Gasteiger partial charge on any atom is -0.462 e. The molecule has 0 aliphatic carbocycles. The Balaban J connectivity index is 1.92. The average molecular weight is 260 g/mol. The second-order valence-corrected chi connectivity index (χ2v) is 4.31. The van der Waals surface area contributed by atoms with E-state index >= 15 is 0 Å². The van der Waals surface area contributed by atoms with Crippen LogP contribution >= 0.6 is 0 Å². The Labute approximate surface area is 111 Å². The number of nitrogens with two attached hydrogens (primary N) is 1. The largest absolute Gasteiger partial charge is 0.462 e.